The van der Waals surface area contributed by atoms with Crippen molar-refractivity contribution in [3.63, 3.8) is 0 Å². The molecule has 1 aliphatic heterocycles. The summed E-state index contributed by atoms with van der Waals surface area (Å²) in [7, 11) is 0. The molecule has 2 amide bonds. The number of carbonyl (C=O) groups is 2. The van der Waals surface area contributed by atoms with Crippen LogP contribution in [0.4, 0.5) is 4.39 Å². The summed E-state index contributed by atoms with van der Waals surface area (Å²) in [6.45, 7) is 1.80. The third kappa shape index (κ3) is 2.87. The Labute approximate surface area is 182 Å². The second-order valence-electron chi connectivity index (χ2n) is 7.60. The van der Waals surface area contributed by atoms with Crippen molar-refractivity contribution in [1.82, 2.24) is 4.90 Å². The first kappa shape index (κ1) is 19.9. The Bertz CT molecular complexity index is 1410. The lowest BCUT2D eigenvalue weighted by molar-refractivity contribution is 0.0559. The van der Waals surface area contributed by atoms with E-state index in [0.29, 0.717) is 23.1 Å². The molecule has 0 bridgehead atoms. The highest BCUT2D eigenvalue weighted by molar-refractivity contribution is 6.21. The summed E-state index contributed by atoms with van der Waals surface area (Å²) in [5.41, 5.74) is 0.821. The van der Waals surface area contributed by atoms with Crippen molar-refractivity contribution in [1.29, 1.82) is 0 Å². The van der Waals surface area contributed by atoms with Crippen LogP contribution in [0.15, 0.2) is 82.0 Å². The monoisotopic (exact) mass is 427 g/mol. The van der Waals surface area contributed by atoms with E-state index in [0.717, 1.165) is 4.90 Å². The smallest absolute Gasteiger partial charge is 0.262 e. The van der Waals surface area contributed by atoms with E-state index in [1.807, 2.05) is 0 Å². The topological polar surface area (TPSA) is 67.6 Å². The number of imide groups is 1. The zero-order valence-electron chi connectivity index (χ0n) is 17.2. The second-order valence-corrected chi connectivity index (χ2v) is 7.60. The van der Waals surface area contributed by atoms with Crippen LogP contribution in [0.2, 0.25) is 0 Å². The standard InChI is InChI=1S/C26H18FNO4/c1-2-19(28-25(30)16-11-6-7-12-17(16)26(28)31)24-21(15-9-4-3-5-10-15)23(29)22-18(27)13-8-14-20(22)32-24/h3-14,19H,2H2,1H3. The van der Waals surface area contributed by atoms with Gasteiger partial charge in [-0.15, -0.1) is 0 Å². The van der Waals surface area contributed by atoms with Crippen LogP contribution in [0.1, 0.15) is 45.9 Å². The van der Waals surface area contributed by atoms with Crippen molar-refractivity contribution < 1.29 is 18.4 Å². The molecule has 0 spiro atoms. The third-order valence-electron chi connectivity index (χ3n) is 5.78. The largest absolute Gasteiger partial charge is 0.458 e. The van der Waals surface area contributed by atoms with Crippen molar-refractivity contribution in [2.24, 2.45) is 0 Å². The van der Waals surface area contributed by atoms with Gasteiger partial charge in [0, 0.05) is 0 Å². The summed E-state index contributed by atoms with van der Waals surface area (Å²) < 4.78 is 20.7. The van der Waals surface area contributed by atoms with E-state index < -0.39 is 29.1 Å². The van der Waals surface area contributed by atoms with Gasteiger partial charge in [0.15, 0.2) is 0 Å². The van der Waals surface area contributed by atoms with E-state index in [1.54, 1.807) is 61.5 Å². The highest BCUT2D eigenvalue weighted by Gasteiger charge is 2.42. The first-order chi connectivity index (χ1) is 15.5. The molecule has 4 aromatic rings. The van der Waals surface area contributed by atoms with E-state index in [9.17, 15) is 18.8 Å². The summed E-state index contributed by atoms with van der Waals surface area (Å²) in [6.07, 6.45) is 0.315. The van der Waals surface area contributed by atoms with Crippen LogP contribution in [-0.2, 0) is 0 Å². The molecule has 5 nitrogen and oxygen atoms in total. The number of fused-ring (bicyclic) bond motifs is 2. The fourth-order valence-electron chi connectivity index (χ4n) is 4.31. The Morgan fingerprint density at radius 3 is 2.09 bits per heavy atom. The number of carbonyl (C=O) groups excluding carboxylic acids is 2. The first-order valence-corrected chi connectivity index (χ1v) is 10.3. The van der Waals surface area contributed by atoms with Gasteiger partial charge in [0.2, 0.25) is 5.43 Å². The van der Waals surface area contributed by atoms with Gasteiger partial charge in [0.25, 0.3) is 11.8 Å². The van der Waals surface area contributed by atoms with Gasteiger partial charge < -0.3 is 4.42 Å². The minimum atomic E-state index is -0.835. The van der Waals surface area contributed by atoms with Crippen LogP contribution >= 0.6 is 0 Å². The van der Waals surface area contributed by atoms with Crippen LogP contribution in [-0.4, -0.2) is 16.7 Å². The van der Waals surface area contributed by atoms with E-state index in [4.69, 9.17) is 4.42 Å². The number of amides is 2. The predicted molar refractivity (Wildman–Crippen MR) is 118 cm³/mol. The van der Waals surface area contributed by atoms with Crippen LogP contribution in [0.3, 0.4) is 0 Å². The van der Waals surface area contributed by atoms with Crippen molar-refractivity contribution in [2.75, 3.05) is 0 Å². The van der Waals surface area contributed by atoms with Gasteiger partial charge in [-0.25, -0.2) is 4.39 Å². The molecule has 1 unspecified atom stereocenters. The van der Waals surface area contributed by atoms with E-state index >= 15 is 0 Å². The molecule has 6 heteroatoms. The molecule has 0 radical (unpaired) electrons. The maximum Gasteiger partial charge on any atom is 0.262 e. The molecule has 3 aromatic carbocycles. The molecule has 2 heterocycles. The average Bonchev–Trinajstić information content (AvgIpc) is 3.06. The molecule has 32 heavy (non-hydrogen) atoms. The number of halogens is 1. The zero-order valence-corrected chi connectivity index (χ0v) is 17.2. The van der Waals surface area contributed by atoms with Crippen molar-refractivity contribution >= 4 is 22.8 Å². The lowest BCUT2D eigenvalue weighted by Crippen LogP contribution is -2.34. The summed E-state index contributed by atoms with van der Waals surface area (Å²) in [5, 5.41) is -0.160. The van der Waals surface area contributed by atoms with E-state index in [-0.39, 0.29) is 22.3 Å². The summed E-state index contributed by atoms with van der Waals surface area (Å²) in [5.74, 6) is -1.41. The maximum absolute atomic E-state index is 14.6. The molecule has 0 aliphatic carbocycles. The van der Waals surface area contributed by atoms with Gasteiger partial charge in [-0.3, -0.25) is 19.3 Å². The van der Waals surface area contributed by atoms with Gasteiger partial charge in [0.05, 0.1) is 22.7 Å². The Morgan fingerprint density at radius 1 is 0.844 bits per heavy atom. The van der Waals surface area contributed by atoms with E-state index in [1.165, 1.54) is 18.2 Å². The van der Waals surface area contributed by atoms with Crippen LogP contribution in [0.5, 0.6) is 0 Å². The van der Waals surface area contributed by atoms with Crippen LogP contribution < -0.4 is 5.43 Å². The number of hydrogen-bond acceptors (Lipinski definition) is 4. The zero-order chi connectivity index (χ0) is 22.4. The Morgan fingerprint density at radius 2 is 1.47 bits per heavy atom. The van der Waals surface area contributed by atoms with Gasteiger partial charge in [-0.1, -0.05) is 55.5 Å². The number of hydrogen-bond donors (Lipinski definition) is 0. The highest BCUT2D eigenvalue weighted by Crippen LogP contribution is 2.38. The van der Waals surface area contributed by atoms with Crippen molar-refractivity contribution in [3.05, 3.63) is 106 Å². The lowest BCUT2D eigenvalue weighted by Gasteiger charge is -2.26. The quantitative estimate of drug-likeness (QED) is 0.412. The molecular formula is C26H18FNO4. The fraction of sp³-hybridized carbons (Fsp3) is 0.115. The molecule has 158 valence electrons. The van der Waals surface area contributed by atoms with Crippen molar-refractivity contribution in [3.8, 4) is 11.1 Å². The van der Waals surface area contributed by atoms with Crippen LogP contribution in [0, 0.1) is 5.82 Å². The van der Waals surface area contributed by atoms with Gasteiger partial charge in [-0.05, 0) is 36.2 Å². The highest BCUT2D eigenvalue weighted by atomic mass is 19.1. The molecule has 0 N–H and O–H groups in total. The number of nitrogens with zero attached hydrogens (tertiary/aromatic N) is 1. The number of rotatable bonds is 4. The first-order valence-electron chi connectivity index (χ1n) is 10.3. The van der Waals surface area contributed by atoms with Gasteiger partial charge >= 0.3 is 0 Å². The van der Waals surface area contributed by atoms with Crippen LogP contribution in [0.25, 0.3) is 22.1 Å². The van der Waals surface area contributed by atoms with Gasteiger partial charge in [0.1, 0.15) is 22.5 Å². The summed E-state index contributed by atoms with van der Waals surface area (Å²) in [6, 6.07) is 18.7. The Kier molecular flexibility index (Phi) is 4.70. The fourth-order valence-corrected chi connectivity index (χ4v) is 4.31. The molecule has 0 saturated carbocycles. The van der Waals surface area contributed by atoms with Crippen molar-refractivity contribution in [2.45, 2.75) is 19.4 Å². The third-order valence-corrected chi connectivity index (χ3v) is 5.78. The number of benzene rings is 3. The van der Waals surface area contributed by atoms with E-state index in [2.05, 4.69) is 0 Å². The molecule has 1 aliphatic rings. The second kappa shape index (κ2) is 7.57. The Balaban J connectivity index is 1.79. The normalized spacial score (nSPS) is 14.1. The lowest BCUT2D eigenvalue weighted by atomic mass is 9.96. The molecule has 0 saturated heterocycles. The SMILES string of the molecule is CCC(c1oc2cccc(F)c2c(=O)c1-c1ccccc1)N1C(=O)c2ccccc2C1=O. The molecule has 1 atom stereocenters. The molecular weight excluding hydrogens is 409 g/mol. The minimum absolute atomic E-state index is 0.0692. The predicted octanol–water partition coefficient (Wildman–Crippen LogP) is 5.35. The van der Waals surface area contributed by atoms with Gasteiger partial charge in [-0.2, -0.15) is 0 Å². The minimum Gasteiger partial charge on any atom is -0.458 e. The summed E-state index contributed by atoms with van der Waals surface area (Å²) >= 11 is 0. The summed E-state index contributed by atoms with van der Waals surface area (Å²) in [4.78, 5) is 41.0. The Hall–Kier alpha value is -4.06. The molecule has 5 rings (SSSR count). The molecule has 1 aromatic heterocycles. The average molecular weight is 427 g/mol. The molecule has 0 fully saturated rings. The maximum atomic E-state index is 14.6.